The van der Waals surface area contributed by atoms with E-state index in [9.17, 15) is 12.8 Å². The van der Waals surface area contributed by atoms with Crippen molar-refractivity contribution in [3.8, 4) is 0 Å². The van der Waals surface area contributed by atoms with Crippen LogP contribution in [0.2, 0.25) is 0 Å². The highest BCUT2D eigenvalue weighted by molar-refractivity contribution is 9.10. The second-order valence-electron chi connectivity index (χ2n) is 4.19. The van der Waals surface area contributed by atoms with Crippen LogP contribution in [0.1, 0.15) is 5.56 Å². The Morgan fingerprint density at radius 1 is 1.30 bits per heavy atom. The van der Waals surface area contributed by atoms with Crippen LogP contribution in [0.15, 0.2) is 52.1 Å². The maximum atomic E-state index is 13.1. The molecule has 0 bridgehead atoms. The van der Waals surface area contributed by atoms with E-state index in [1.54, 1.807) is 0 Å². The van der Waals surface area contributed by atoms with E-state index < -0.39 is 15.8 Å². The summed E-state index contributed by atoms with van der Waals surface area (Å²) in [6, 6.07) is 8.28. The van der Waals surface area contributed by atoms with Gasteiger partial charge in [-0.2, -0.15) is 4.31 Å². The maximum absolute atomic E-state index is 13.1. The summed E-state index contributed by atoms with van der Waals surface area (Å²) in [6.07, 6.45) is 2.10. The Hall–Kier alpha value is -1.31. The lowest BCUT2D eigenvalue weighted by molar-refractivity contribution is 0.465. The van der Waals surface area contributed by atoms with Gasteiger partial charge in [0.25, 0.3) is 0 Å². The molecule has 0 N–H and O–H groups in total. The van der Waals surface area contributed by atoms with Gasteiger partial charge in [0, 0.05) is 24.3 Å². The molecular weight excluding hydrogens is 347 g/mol. The predicted octanol–water partition coefficient (Wildman–Crippen LogP) is 2.80. The van der Waals surface area contributed by atoms with Crippen molar-refractivity contribution < 1.29 is 12.8 Å². The van der Waals surface area contributed by atoms with Gasteiger partial charge in [-0.25, -0.2) is 12.8 Å². The number of nitrogens with zero attached hydrogens (tertiary/aromatic N) is 2. The number of pyridine rings is 1. The summed E-state index contributed by atoms with van der Waals surface area (Å²) in [4.78, 5) is 3.41. The van der Waals surface area contributed by atoms with E-state index in [1.807, 2.05) is 24.3 Å². The Bertz CT molecular complexity index is 722. The third-order valence-electron chi connectivity index (χ3n) is 2.74. The molecule has 0 aliphatic carbocycles. The molecule has 0 atom stereocenters. The summed E-state index contributed by atoms with van der Waals surface area (Å²) in [5.74, 6) is -0.680. The highest BCUT2D eigenvalue weighted by Crippen LogP contribution is 2.21. The van der Waals surface area contributed by atoms with Crippen molar-refractivity contribution in [1.29, 1.82) is 0 Å². The normalized spacial score (nSPS) is 11.8. The summed E-state index contributed by atoms with van der Waals surface area (Å²) >= 11 is 3.37. The van der Waals surface area contributed by atoms with Crippen LogP contribution in [-0.4, -0.2) is 24.8 Å². The molecule has 0 aliphatic rings. The molecule has 0 amide bonds. The van der Waals surface area contributed by atoms with Crippen molar-refractivity contribution in [2.24, 2.45) is 0 Å². The molecule has 1 aromatic carbocycles. The number of benzene rings is 1. The Kier molecular flexibility index (Phi) is 4.52. The average Bonchev–Trinajstić information content (AvgIpc) is 2.41. The molecule has 0 saturated heterocycles. The van der Waals surface area contributed by atoms with Crippen molar-refractivity contribution >= 4 is 26.0 Å². The lowest BCUT2D eigenvalue weighted by atomic mass is 10.2. The van der Waals surface area contributed by atoms with E-state index in [1.165, 1.54) is 7.05 Å². The first-order valence-electron chi connectivity index (χ1n) is 5.71. The van der Waals surface area contributed by atoms with Gasteiger partial charge in [0.05, 0.1) is 6.20 Å². The van der Waals surface area contributed by atoms with Gasteiger partial charge in [0.15, 0.2) is 0 Å². The summed E-state index contributed by atoms with van der Waals surface area (Å²) in [7, 11) is -2.32. The highest BCUT2D eigenvalue weighted by atomic mass is 79.9. The third kappa shape index (κ3) is 3.23. The Morgan fingerprint density at radius 3 is 2.65 bits per heavy atom. The molecule has 2 rings (SSSR count). The lowest BCUT2D eigenvalue weighted by Crippen LogP contribution is -2.26. The van der Waals surface area contributed by atoms with Crippen molar-refractivity contribution in [2.75, 3.05) is 7.05 Å². The lowest BCUT2D eigenvalue weighted by Gasteiger charge is -2.17. The van der Waals surface area contributed by atoms with Crippen LogP contribution < -0.4 is 0 Å². The molecular formula is C13H12BrFN2O2S. The maximum Gasteiger partial charge on any atom is 0.244 e. The molecule has 0 spiro atoms. The zero-order valence-electron chi connectivity index (χ0n) is 10.6. The first kappa shape index (κ1) is 15.1. The van der Waals surface area contributed by atoms with Gasteiger partial charge in [0.2, 0.25) is 10.0 Å². The Morgan fingerprint density at radius 2 is 2.00 bits per heavy atom. The summed E-state index contributed by atoms with van der Waals surface area (Å²) in [5, 5.41) is 0. The topological polar surface area (TPSA) is 50.3 Å². The van der Waals surface area contributed by atoms with Gasteiger partial charge < -0.3 is 0 Å². The third-order valence-corrected chi connectivity index (χ3v) is 5.28. The van der Waals surface area contributed by atoms with Gasteiger partial charge in [-0.1, -0.05) is 34.1 Å². The van der Waals surface area contributed by atoms with Gasteiger partial charge in [-0.05, 0) is 17.7 Å². The monoisotopic (exact) mass is 358 g/mol. The molecule has 0 radical (unpaired) electrons. The number of rotatable bonds is 4. The smallest absolute Gasteiger partial charge is 0.244 e. The van der Waals surface area contributed by atoms with Gasteiger partial charge in [-0.15, -0.1) is 0 Å². The molecule has 0 fully saturated rings. The summed E-state index contributed by atoms with van der Waals surface area (Å²) in [6.45, 7) is 0.181. The van der Waals surface area contributed by atoms with Crippen molar-refractivity contribution in [3.63, 3.8) is 0 Å². The van der Waals surface area contributed by atoms with E-state index in [4.69, 9.17) is 0 Å². The summed E-state index contributed by atoms with van der Waals surface area (Å²) < 4.78 is 39.7. The number of hydrogen-bond acceptors (Lipinski definition) is 3. The molecule has 0 unspecified atom stereocenters. The molecule has 4 nitrogen and oxygen atoms in total. The second-order valence-corrected chi connectivity index (χ2v) is 7.09. The van der Waals surface area contributed by atoms with Gasteiger partial charge in [0.1, 0.15) is 10.7 Å². The molecule has 1 heterocycles. The van der Waals surface area contributed by atoms with E-state index in [2.05, 4.69) is 20.9 Å². The predicted molar refractivity (Wildman–Crippen MR) is 77.0 cm³/mol. The minimum absolute atomic E-state index is 0.160. The Labute approximate surface area is 125 Å². The van der Waals surface area contributed by atoms with Crippen LogP contribution in [0, 0.1) is 5.82 Å². The second kappa shape index (κ2) is 5.99. The first-order chi connectivity index (χ1) is 9.41. The minimum Gasteiger partial charge on any atom is -0.260 e. The standard InChI is InChI=1S/C13H12BrFN2O2S/c1-17(9-10-4-2-3-5-13(10)14)20(18,19)12-6-11(15)7-16-8-12/h2-8H,9H2,1H3. The van der Waals surface area contributed by atoms with E-state index in [0.717, 1.165) is 32.8 Å². The number of aromatic nitrogens is 1. The fourth-order valence-corrected chi connectivity index (χ4v) is 3.20. The number of halogens is 2. The Balaban J connectivity index is 2.29. The molecule has 106 valence electrons. The fraction of sp³-hybridized carbons (Fsp3) is 0.154. The molecule has 20 heavy (non-hydrogen) atoms. The first-order valence-corrected chi connectivity index (χ1v) is 7.95. The zero-order valence-corrected chi connectivity index (χ0v) is 13.0. The van der Waals surface area contributed by atoms with Crippen LogP contribution in [-0.2, 0) is 16.6 Å². The largest absolute Gasteiger partial charge is 0.260 e. The quantitative estimate of drug-likeness (QED) is 0.844. The highest BCUT2D eigenvalue weighted by Gasteiger charge is 2.22. The average molecular weight is 359 g/mol. The number of sulfonamides is 1. The SMILES string of the molecule is CN(Cc1ccccc1Br)S(=O)(=O)c1cncc(F)c1. The van der Waals surface area contributed by atoms with Crippen LogP contribution in [0.5, 0.6) is 0 Å². The minimum atomic E-state index is -3.77. The van der Waals surface area contributed by atoms with Crippen LogP contribution in [0.3, 0.4) is 0 Å². The van der Waals surface area contributed by atoms with E-state index in [0.29, 0.717) is 0 Å². The van der Waals surface area contributed by atoms with Crippen LogP contribution >= 0.6 is 15.9 Å². The fourth-order valence-electron chi connectivity index (χ4n) is 1.66. The number of hydrogen-bond donors (Lipinski definition) is 0. The van der Waals surface area contributed by atoms with Crippen molar-refractivity contribution in [2.45, 2.75) is 11.4 Å². The van der Waals surface area contributed by atoms with Gasteiger partial charge >= 0.3 is 0 Å². The molecule has 0 saturated carbocycles. The van der Waals surface area contributed by atoms with Gasteiger partial charge in [-0.3, -0.25) is 4.98 Å². The van der Waals surface area contributed by atoms with Crippen LogP contribution in [0.4, 0.5) is 4.39 Å². The van der Waals surface area contributed by atoms with Crippen molar-refractivity contribution in [1.82, 2.24) is 9.29 Å². The summed E-state index contributed by atoms with van der Waals surface area (Å²) in [5.41, 5.74) is 0.822. The molecule has 7 heteroatoms. The van der Waals surface area contributed by atoms with Crippen molar-refractivity contribution in [3.05, 3.63) is 58.6 Å². The molecule has 1 aromatic heterocycles. The van der Waals surface area contributed by atoms with E-state index >= 15 is 0 Å². The molecule has 2 aromatic rings. The zero-order chi connectivity index (χ0) is 14.8. The van der Waals surface area contributed by atoms with Crippen LogP contribution in [0.25, 0.3) is 0 Å². The van der Waals surface area contributed by atoms with E-state index in [-0.39, 0.29) is 11.4 Å². The molecule has 0 aliphatic heterocycles.